The van der Waals surface area contributed by atoms with Crippen LogP contribution in [0, 0.1) is 32.6 Å². The number of rotatable bonds is 0. The average molecular weight is 346 g/mol. The van der Waals surface area contributed by atoms with Crippen molar-refractivity contribution in [1.29, 1.82) is 0 Å². The third-order valence-corrected chi connectivity index (χ3v) is 0. The Morgan fingerprint density at radius 2 is 0.571 bits per heavy atom. The molecule has 0 amide bonds. The molecule has 0 nitrogen and oxygen atoms in total. The van der Waals surface area contributed by atoms with Crippen LogP contribution in [0.25, 0.3) is 0 Å². The normalized spacial score (nSPS) is 23.1. The van der Waals surface area contributed by atoms with Gasteiger partial charge in [0.1, 0.15) is 0 Å². The molecule has 0 spiro atoms. The van der Waals surface area contributed by atoms with Crippen LogP contribution in [0.4, 0.5) is 6.69 Å². The van der Waals surface area contributed by atoms with Gasteiger partial charge in [-0.15, -0.1) is 0 Å². The summed E-state index contributed by atoms with van der Waals surface area (Å²) >= 11 is -11.4. The first kappa shape index (κ1) is 7.90. The molecule has 0 aliphatic heterocycles. The Morgan fingerprint density at radius 1 is 0.571 bits per heavy atom. The van der Waals surface area contributed by atoms with Gasteiger partial charge in [0.2, 0.25) is 0 Å². The van der Waals surface area contributed by atoms with E-state index in [0.29, 0.717) is 0 Å². The monoisotopic (exact) mass is 346 g/mol. The summed E-state index contributed by atoms with van der Waals surface area (Å²) in [5.74, 6) is 0. The van der Waals surface area contributed by atoms with Crippen LogP contribution in [0.2, 0.25) is 0 Å². The minimum atomic E-state index is -11.4. The Balaban J connectivity index is 4.43. The van der Waals surface area contributed by atoms with Gasteiger partial charge < -0.3 is 0 Å². The quantitative estimate of drug-likeness (QED) is 0.592. The van der Waals surface area contributed by atoms with Crippen molar-refractivity contribution in [3.05, 3.63) is 0 Å². The predicted octanol–water partition coefficient (Wildman–Crippen LogP) is 2.52. The molecule has 0 aliphatic rings. The fourth-order valence-electron chi connectivity index (χ4n) is 0. The molecule has 7 heavy (non-hydrogen) atoms. The maximum atomic E-state index is 9.94. The first-order chi connectivity index (χ1) is 2.45. The Morgan fingerprint density at radius 3 is 0.571 bits per heavy atom. The molecule has 0 atom stereocenters. The van der Waals surface area contributed by atoms with Crippen LogP contribution < -0.4 is 0 Å². The van der Waals surface area contributed by atoms with E-state index < -0.39 is 32.6 Å². The van der Waals surface area contributed by atoms with E-state index in [-0.39, 0.29) is 0 Å². The minimum absolute atomic E-state index is 9.94. The Labute approximate surface area is 39.0 Å². The molecule has 0 N–H and O–H groups in total. The van der Waals surface area contributed by atoms with Crippen LogP contribution in [0.1, 0.15) is 0 Å². The molecule has 0 heterocycles. The van der Waals surface area contributed by atoms with E-state index in [0.717, 1.165) is 0 Å². The van der Waals surface area contributed by atoms with Crippen molar-refractivity contribution in [2.75, 3.05) is 0 Å². The summed E-state index contributed by atoms with van der Waals surface area (Å²) in [6, 6.07) is 0. The molecule has 0 saturated carbocycles. The van der Waals surface area contributed by atoms with Crippen LogP contribution in [0.15, 0.2) is 0 Å². The molecule has 46 valence electrons. The molecule has 0 rings (SSSR count). The maximum absolute atomic E-state index is 11.4. The van der Waals surface area contributed by atoms with Crippen LogP contribution in [0.5, 0.6) is 0 Å². The molecule has 0 aromatic carbocycles. The summed E-state index contributed by atoms with van der Waals surface area (Å²) < 4.78 is 59.7. The van der Waals surface area contributed by atoms with E-state index in [1.807, 2.05) is 0 Å². The van der Waals surface area contributed by atoms with E-state index in [9.17, 15) is 6.69 Å². The summed E-state index contributed by atoms with van der Waals surface area (Å²) in [5.41, 5.74) is 0. The van der Waals surface area contributed by atoms with E-state index in [1.165, 1.54) is 0 Å². The molecule has 0 unspecified atom stereocenters. The van der Waals surface area contributed by atoms with Gasteiger partial charge in [0.05, 0.1) is 0 Å². The van der Waals surface area contributed by atoms with Crippen LogP contribution >= 0.6 is 0 Å². The van der Waals surface area contributed by atoms with Crippen molar-refractivity contribution in [3.63, 3.8) is 0 Å². The molecule has 7 heteroatoms. The van der Waals surface area contributed by atoms with Gasteiger partial charge in [0, 0.05) is 0 Å². The zero-order valence-electron chi connectivity index (χ0n) is 2.77. The van der Waals surface area contributed by atoms with Crippen molar-refractivity contribution < 1.29 is 39.3 Å². The molecule has 0 aromatic rings. The zero-order chi connectivity index (χ0) is 6.41. The second kappa shape index (κ2) is 0.952. The standard InChI is InChI=1S/6FH.Th/h6*1H;/q;;;;;;+6/p-6. The second-order valence-electron chi connectivity index (χ2n) is 1.07. The van der Waals surface area contributed by atoms with Gasteiger partial charge in [0.15, 0.2) is 0 Å². The van der Waals surface area contributed by atoms with Gasteiger partial charge >= 0.3 is 39.3 Å². The molecule has 0 bridgehead atoms. The van der Waals surface area contributed by atoms with Gasteiger partial charge in [-0.1, -0.05) is 0 Å². The zero-order valence-corrected chi connectivity index (χ0v) is 6.88. The fourth-order valence-corrected chi connectivity index (χ4v) is 0. The number of hydrogen-bond donors (Lipinski definition) is 0. The Kier molecular flexibility index (Phi) is 1.07. The Hall–Kier alpha value is 0.905. The third-order valence-electron chi connectivity index (χ3n) is 0. The third kappa shape index (κ3) is 203. The molecular formula is F6Th. The Bertz CT molecular complexity index is 62.7. The predicted molar refractivity (Wildman–Crippen MR) is 6.65 cm³/mol. The first-order valence-electron chi connectivity index (χ1n) is 1.13. The molecule has 0 fully saturated rings. The van der Waals surface area contributed by atoms with Gasteiger partial charge in [-0.25, -0.2) is 0 Å². The summed E-state index contributed by atoms with van der Waals surface area (Å²) in [6.07, 6.45) is 0. The van der Waals surface area contributed by atoms with Crippen molar-refractivity contribution in [2.45, 2.75) is 0 Å². The SMILES string of the molecule is [F][Th]([F])([F])([F])([F])[F]. The van der Waals surface area contributed by atoms with Gasteiger partial charge in [-0.3, -0.25) is 0 Å². The van der Waals surface area contributed by atoms with Gasteiger partial charge in [-0.05, 0) is 0 Å². The summed E-state index contributed by atoms with van der Waals surface area (Å²) in [6.45, 7) is 0. The summed E-state index contributed by atoms with van der Waals surface area (Å²) in [7, 11) is 0. The molecule has 0 aliphatic carbocycles. The molecule has 0 radical (unpaired) electrons. The van der Waals surface area contributed by atoms with Gasteiger partial charge in [-0.2, -0.15) is 0 Å². The van der Waals surface area contributed by atoms with Crippen LogP contribution in [0.3, 0.4) is 0 Å². The van der Waals surface area contributed by atoms with Crippen LogP contribution in [-0.4, -0.2) is 0 Å². The van der Waals surface area contributed by atoms with E-state index in [4.69, 9.17) is 0 Å². The van der Waals surface area contributed by atoms with E-state index in [2.05, 4.69) is 0 Å². The van der Waals surface area contributed by atoms with E-state index in [1.54, 1.807) is 0 Å². The fraction of sp³-hybridized carbons (Fsp3) is 0. The van der Waals surface area contributed by atoms with Crippen molar-refractivity contribution in [3.8, 4) is 0 Å². The van der Waals surface area contributed by atoms with E-state index >= 15 is 0 Å². The van der Waals surface area contributed by atoms with Crippen molar-refractivity contribution in [2.24, 2.45) is 0 Å². The second-order valence-corrected chi connectivity index (χ2v) is 9.88. The van der Waals surface area contributed by atoms with Crippen LogP contribution in [-0.2, 0) is 0 Å². The topological polar surface area (TPSA) is 0 Å². The van der Waals surface area contributed by atoms with Gasteiger partial charge in [0.25, 0.3) is 0 Å². The van der Waals surface area contributed by atoms with Crippen molar-refractivity contribution in [1.82, 2.24) is 0 Å². The number of hydrogen-bond acceptors (Lipinski definition) is 0. The molecule has 0 saturated heterocycles. The molecule has 0 aromatic heterocycles. The first-order valence-corrected chi connectivity index (χ1v) is 10.5. The average Bonchev–Trinajstić information content (AvgIpc) is 0.592. The summed E-state index contributed by atoms with van der Waals surface area (Å²) in [4.78, 5) is 0. The summed E-state index contributed by atoms with van der Waals surface area (Å²) in [5, 5.41) is 0. The number of halogens is 6. The molecular weight excluding hydrogens is 346 g/mol. The van der Waals surface area contributed by atoms with Crippen molar-refractivity contribution >= 4 is 0 Å².